The van der Waals surface area contributed by atoms with Gasteiger partial charge in [0.2, 0.25) is 5.13 Å². The smallest absolute Gasteiger partial charge is 0.203 e. The number of nitrogen functional groups attached to an aromatic ring is 1. The van der Waals surface area contributed by atoms with Gasteiger partial charge in [-0.2, -0.15) is 0 Å². The van der Waals surface area contributed by atoms with Gasteiger partial charge in [0.1, 0.15) is 10.8 Å². The molecule has 3 rings (SSSR count). The van der Waals surface area contributed by atoms with E-state index in [1.54, 1.807) is 12.3 Å². The largest absolute Gasteiger partial charge is 0.506 e. The van der Waals surface area contributed by atoms with Crippen LogP contribution in [0.3, 0.4) is 0 Å². The molecule has 0 aliphatic heterocycles. The summed E-state index contributed by atoms with van der Waals surface area (Å²) in [6.45, 7) is 0. The quantitative estimate of drug-likeness (QED) is 0.747. The van der Waals surface area contributed by atoms with Crippen LogP contribution in [0.1, 0.15) is 0 Å². The van der Waals surface area contributed by atoms with Crippen molar-refractivity contribution in [2.75, 3.05) is 5.73 Å². The predicted molar refractivity (Wildman–Crippen MR) is 74.7 cm³/mol. The molecule has 3 N–H and O–H groups in total. The minimum atomic E-state index is 0.151. The fraction of sp³-hybridized carbons (Fsp3) is 0. The van der Waals surface area contributed by atoms with Crippen LogP contribution in [0.15, 0.2) is 42.7 Å². The topological polar surface area (TPSA) is 84.9 Å². The molecule has 5 nitrogen and oxygen atoms in total. The lowest BCUT2D eigenvalue weighted by Gasteiger charge is -2.02. The van der Waals surface area contributed by atoms with Gasteiger partial charge in [-0.25, -0.2) is 0 Å². The third kappa shape index (κ3) is 2.38. The molecule has 94 valence electrons. The maximum Gasteiger partial charge on any atom is 0.203 e. The molecule has 0 unspecified atom stereocenters. The van der Waals surface area contributed by atoms with Crippen LogP contribution in [0.5, 0.6) is 5.75 Å². The highest BCUT2D eigenvalue weighted by Crippen LogP contribution is 2.28. The van der Waals surface area contributed by atoms with Gasteiger partial charge in [-0.05, 0) is 11.6 Å². The highest BCUT2D eigenvalue weighted by molar-refractivity contribution is 7.18. The average Bonchev–Trinajstić information content (AvgIpc) is 2.86. The summed E-state index contributed by atoms with van der Waals surface area (Å²) in [7, 11) is 0. The number of rotatable bonds is 2. The minimum absolute atomic E-state index is 0.151. The van der Waals surface area contributed by atoms with Crippen LogP contribution in [-0.4, -0.2) is 20.3 Å². The molecule has 3 aromatic rings. The van der Waals surface area contributed by atoms with Gasteiger partial charge < -0.3 is 10.8 Å². The van der Waals surface area contributed by atoms with E-state index in [-0.39, 0.29) is 5.75 Å². The van der Waals surface area contributed by atoms with Crippen molar-refractivity contribution in [2.45, 2.75) is 0 Å². The first-order valence-corrected chi connectivity index (χ1v) is 6.38. The maximum atomic E-state index is 9.42. The number of hydrogen-bond acceptors (Lipinski definition) is 6. The number of aromatic hydroxyl groups is 1. The van der Waals surface area contributed by atoms with Gasteiger partial charge in [-0.1, -0.05) is 35.6 Å². The van der Waals surface area contributed by atoms with E-state index in [4.69, 9.17) is 5.73 Å². The second-order valence-corrected chi connectivity index (χ2v) is 4.96. The molecule has 0 spiro atoms. The summed E-state index contributed by atoms with van der Waals surface area (Å²) in [4.78, 5) is 3.96. The molecule has 19 heavy (non-hydrogen) atoms. The summed E-state index contributed by atoms with van der Waals surface area (Å²) in [6.07, 6.45) is 3.11. The predicted octanol–water partition coefficient (Wildman–Crippen LogP) is 2.55. The van der Waals surface area contributed by atoms with E-state index < -0.39 is 0 Å². The molecular formula is C13H10N4OS. The Hall–Kier alpha value is -2.47. The van der Waals surface area contributed by atoms with Crippen LogP contribution in [0.4, 0.5) is 5.13 Å². The summed E-state index contributed by atoms with van der Waals surface area (Å²) < 4.78 is 0. The highest BCUT2D eigenvalue weighted by atomic mass is 32.1. The number of benzene rings is 1. The van der Waals surface area contributed by atoms with Crippen LogP contribution in [0.25, 0.3) is 21.7 Å². The van der Waals surface area contributed by atoms with Gasteiger partial charge in [0.15, 0.2) is 0 Å². The van der Waals surface area contributed by atoms with Crippen molar-refractivity contribution in [1.82, 2.24) is 15.2 Å². The molecule has 1 aromatic carbocycles. The lowest BCUT2D eigenvalue weighted by Crippen LogP contribution is -1.82. The van der Waals surface area contributed by atoms with Gasteiger partial charge in [0.05, 0.1) is 6.20 Å². The number of nitrogens with two attached hydrogens (primary N) is 1. The van der Waals surface area contributed by atoms with Crippen LogP contribution in [-0.2, 0) is 0 Å². The van der Waals surface area contributed by atoms with E-state index in [0.717, 1.165) is 21.7 Å². The molecule has 0 amide bonds. The summed E-state index contributed by atoms with van der Waals surface area (Å²) in [6, 6.07) is 9.45. The molecular weight excluding hydrogens is 260 g/mol. The molecule has 2 heterocycles. The monoisotopic (exact) mass is 270 g/mol. The number of aromatic nitrogens is 3. The van der Waals surface area contributed by atoms with E-state index in [0.29, 0.717) is 5.13 Å². The van der Waals surface area contributed by atoms with Crippen molar-refractivity contribution in [3.05, 3.63) is 42.7 Å². The SMILES string of the molecule is Nc1nnc(-c2ccc(-c3cncc(O)c3)cc2)s1. The molecule has 2 aromatic heterocycles. The zero-order valence-corrected chi connectivity index (χ0v) is 10.6. The molecule has 0 fully saturated rings. The number of pyridine rings is 1. The standard InChI is InChI=1S/C13H10N4OS/c14-13-17-16-12(19-13)9-3-1-8(2-4-9)10-5-11(18)7-15-6-10/h1-7,18H,(H2,14,17). The van der Waals surface area contributed by atoms with Crippen LogP contribution < -0.4 is 5.73 Å². The summed E-state index contributed by atoms with van der Waals surface area (Å²) in [5, 5.41) is 18.4. The molecule has 6 heteroatoms. The fourth-order valence-corrected chi connectivity index (χ4v) is 2.36. The minimum Gasteiger partial charge on any atom is -0.506 e. The van der Waals surface area contributed by atoms with Crippen molar-refractivity contribution in [3.8, 4) is 27.4 Å². The molecule has 0 bridgehead atoms. The Morgan fingerprint density at radius 2 is 1.68 bits per heavy atom. The molecule has 0 saturated carbocycles. The number of nitrogens with zero attached hydrogens (tertiary/aromatic N) is 3. The van der Waals surface area contributed by atoms with E-state index in [1.807, 2.05) is 24.3 Å². The Balaban J connectivity index is 1.95. The zero-order chi connectivity index (χ0) is 13.2. The van der Waals surface area contributed by atoms with Gasteiger partial charge in [-0.3, -0.25) is 4.98 Å². The zero-order valence-electron chi connectivity index (χ0n) is 9.82. The maximum absolute atomic E-state index is 9.42. The molecule has 0 aliphatic carbocycles. The molecule has 0 saturated heterocycles. The second-order valence-electron chi connectivity index (χ2n) is 3.95. The van der Waals surface area contributed by atoms with Crippen LogP contribution in [0, 0.1) is 0 Å². The highest BCUT2D eigenvalue weighted by Gasteiger charge is 2.05. The van der Waals surface area contributed by atoms with Gasteiger partial charge >= 0.3 is 0 Å². The van der Waals surface area contributed by atoms with E-state index in [2.05, 4.69) is 15.2 Å². The first-order chi connectivity index (χ1) is 9.22. The normalized spacial score (nSPS) is 10.5. The Bertz CT molecular complexity index is 709. The summed E-state index contributed by atoms with van der Waals surface area (Å²) in [5.74, 6) is 0.151. The Morgan fingerprint density at radius 1 is 0.947 bits per heavy atom. The van der Waals surface area contributed by atoms with Crippen molar-refractivity contribution in [1.29, 1.82) is 0 Å². The average molecular weight is 270 g/mol. The van der Waals surface area contributed by atoms with E-state index in [1.165, 1.54) is 17.5 Å². The third-order valence-electron chi connectivity index (χ3n) is 2.63. The third-order valence-corrected chi connectivity index (χ3v) is 3.43. The van der Waals surface area contributed by atoms with Crippen molar-refractivity contribution in [2.24, 2.45) is 0 Å². The Morgan fingerprint density at radius 3 is 2.32 bits per heavy atom. The molecule has 0 radical (unpaired) electrons. The van der Waals surface area contributed by atoms with Gasteiger partial charge in [0.25, 0.3) is 0 Å². The molecule has 0 aliphatic rings. The number of anilines is 1. The first kappa shape index (κ1) is 11.6. The fourth-order valence-electron chi connectivity index (χ4n) is 1.74. The lowest BCUT2D eigenvalue weighted by atomic mass is 10.1. The van der Waals surface area contributed by atoms with Crippen molar-refractivity contribution >= 4 is 16.5 Å². The first-order valence-electron chi connectivity index (χ1n) is 5.56. The summed E-state index contributed by atoms with van der Waals surface area (Å²) in [5.41, 5.74) is 8.37. The lowest BCUT2D eigenvalue weighted by molar-refractivity contribution is 0.473. The second kappa shape index (κ2) is 4.66. The summed E-state index contributed by atoms with van der Waals surface area (Å²) >= 11 is 1.35. The van der Waals surface area contributed by atoms with Gasteiger partial charge in [-0.15, -0.1) is 10.2 Å². The Labute approximate surface area is 113 Å². The van der Waals surface area contributed by atoms with E-state index >= 15 is 0 Å². The van der Waals surface area contributed by atoms with E-state index in [9.17, 15) is 5.11 Å². The van der Waals surface area contributed by atoms with Crippen LogP contribution in [0.2, 0.25) is 0 Å². The van der Waals surface area contributed by atoms with Crippen molar-refractivity contribution < 1.29 is 5.11 Å². The Kier molecular flexibility index (Phi) is 2.85. The molecule has 0 atom stereocenters. The van der Waals surface area contributed by atoms with Gasteiger partial charge in [0, 0.05) is 17.3 Å². The van der Waals surface area contributed by atoms with Crippen molar-refractivity contribution in [3.63, 3.8) is 0 Å². The van der Waals surface area contributed by atoms with Crippen LogP contribution >= 0.6 is 11.3 Å². The number of hydrogen-bond donors (Lipinski definition) is 2.